The van der Waals surface area contributed by atoms with Crippen molar-refractivity contribution in [2.45, 2.75) is 59.0 Å². The highest BCUT2D eigenvalue weighted by Crippen LogP contribution is 2.27. The second-order valence-corrected chi connectivity index (χ2v) is 8.02. The van der Waals surface area contributed by atoms with Crippen LogP contribution in [0.5, 0.6) is 5.75 Å². The number of hydrogen-bond acceptors (Lipinski definition) is 4. The Morgan fingerprint density at radius 2 is 1.47 bits per heavy atom. The van der Waals surface area contributed by atoms with E-state index in [1.54, 1.807) is 30.3 Å². The Morgan fingerprint density at radius 1 is 0.833 bits per heavy atom. The number of carbonyl (C=O) groups is 2. The van der Waals surface area contributed by atoms with Crippen molar-refractivity contribution in [3.63, 3.8) is 0 Å². The Morgan fingerprint density at radius 3 is 2.03 bits per heavy atom. The van der Waals surface area contributed by atoms with Gasteiger partial charge in [0.2, 0.25) is 0 Å². The zero-order valence-corrected chi connectivity index (χ0v) is 19.1. The average Bonchev–Trinajstić information content (AvgIpc) is 2.75. The van der Waals surface area contributed by atoms with E-state index in [9.17, 15) is 9.59 Å². The average molecular weight is 451 g/mol. The van der Waals surface area contributed by atoms with Gasteiger partial charge < -0.3 is 9.47 Å². The lowest BCUT2D eigenvalue weighted by molar-refractivity contribution is 0.0252. The molecule has 162 valence electrons. The summed E-state index contributed by atoms with van der Waals surface area (Å²) in [6.45, 7) is 6.35. The molecule has 0 aromatic heterocycles. The monoisotopic (exact) mass is 450 g/mol. The summed E-state index contributed by atoms with van der Waals surface area (Å²) in [6.07, 6.45) is 4.60. The quantitative estimate of drug-likeness (QED) is 0.280. The van der Waals surface area contributed by atoms with E-state index in [1.807, 2.05) is 6.92 Å². The second-order valence-electron chi connectivity index (χ2n) is 7.21. The Bertz CT molecular complexity index is 862. The van der Waals surface area contributed by atoms with Crippen molar-refractivity contribution in [3.8, 4) is 5.75 Å². The summed E-state index contributed by atoms with van der Waals surface area (Å²) in [4.78, 5) is 25.5. The van der Waals surface area contributed by atoms with Gasteiger partial charge in [0.05, 0.1) is 21.2 Å². The molecule has 6 heteroatoms. The summed E-state index contributed by atoms with van der Waals surface area (Å²) < 4.78 is 11.1. The second kappa shape index (κ2) is 12.0. The van der Waals surface area contributed by atoms with Crippen LogP contribution in [0.15, 0.2) is 42.5 Å². The molecule has 0 amide bonds. The topological polar surface area (TPSA) is 52.6 Å². The molecule has 0 N–H and O–H groups in total. The molecule has 0 heterocycles. The fourth-order valence-electron chi connectivity index (χ4n) is 3.22. The highest BCUT2D eigenvalue weighted by molar-refractivity contribution is 6.42. The van der Waals surface area contributed by atoms with Gasteiger partial charge in [0, 0.05) is 6.07 Å². The molecule has 2 rings (SSSR count). The van der Waals surface area contributed by atoms with Crippen molar-refractivity contribution in [1.82, 2.24) is 0 Å². The van der Waals surface area contributed by atoms with E-state index in [0.717, 1.165) is 32.1 Å². The van der Waals surface area contributed by atoms with Crippen molar-refractivity contribution in [2.24, 2.45) is 5.92 Å². The summed E-state index contributed by atoms with van der Waals surface area (Å²) >= 11 is 11.9. The van der Waals surface area contributed by atoms with Crippen LogP contribution >= 0.6 is 23.2 Å². The number of rotatable bonds is 10. The molecule has 4 nitrogen and oxygen atoms in total. The summed E-state index contributed by atoms with van der Waals surface area (Å²) in [6, 6.07) is 11.0. The molecule has 1 unspecified atom stereocenters. The van der Waals surface area contributed by atoms with Gasteiger partial charge >= 0.3 is 11.9 Å². The fraction of sp³-hybridized carbons (Fsp3) is 0.417. The number of esters is 2. The minimum Gasteiger partial charge on any atom is -0.459 e. The van der Waals surface area contributed by atoms with E-state index in [1.165, 1.54) is 12.1 Å². The van der Waals surface area contributed by atoms with Gasteiger partial charge in [-0.15, -0.1) is 0 Å². The first kappa shape index (κ1) is 24.2. The molecule has 30 heavy (non-hydrogen) atoms. The summed E-state index contributed by atoms with van der Waals surface area (Å²) in [5, 5.41) is 0.636. The molecule has 2 aromatic carbocycles. The first-order valence-electron chi connectivity index (χ1n) is 10.4. The van der Waals surface area contributed by atoms with Crippen LogP contribution in [-0.2, 0) is 4.74 Å². The predicted molar refractivity (Wildman–Crippen MR) is 121 cm³/mol. The molecule has 1 atom stereocenters. The first-order valence-corrected chi connectivity index (χ1v) is 11.1. The maximum Gasteiger partial charge on any atom is 0.344 e. The van der Waals surface area contributed by atoms with Crippen molar-refractivity contribution < 1.29 is 19.1 Å². The van der Waals surface area contributed by atoms with Gasteiger partial charge in [-0.3, -0.25) is 0 Å². The molecule has 0 fully saturated rings. The van der Waals surface area contributed by atoms with E-state index in [2.05, 4.69) is 13.8 Å². The molecule has 0 saturated heterocycles. The largest absolute Gasteiger partial charge is 0.459 e. The maximum atomic E-state index is 12.8. The van der Waals surface area contributed by atoms with Crippen LogP contribution in [0.3, 0.4) is 0 Å². The van der Waals surface area contributed by atoms with Crippen molar-refractivity contribution in [3.05, 3.63) is 63.6 Å². The van der Waals surface area contributed by atoms with Crippen LogP contribution in [0.1, 0.15) is 73.6 Å². The third-order valence-corrected chi connectivity index (χ3v) is 5.99. The minimum absolute atomic E-state index is 0.142. The zero-order chi connectivity index (χ0) is 22.1. The van der Waals surface area contributed by atoms with Crippen LogP contribution in [-0.4, -0.2) is 18.0 Å². The van der Waals surface area contributed by atoms with Gasteiger partial charge in [-0.05, 0) is 49.4 Å². The Balaban J connectivity index is 2.11. The highest BCUT2D eigenvalue weighted by atomic mass is 35.5. The number of ether oxygens (including phenoxy) is 2. The molecule has 0 aliphatic carbocycles. The Kier molecular flexibility index (Phi) is 9.67. The van der Waals surface area contributed by atoms with E-state index in [0.29, 0.717) is 10.9 Å². The summed E-state index contributed by atoms with van der Waals surface area (Å²) in [5.41, 5.74) is 0.326. The van der Waals surface area contributed by atoms with E-state index in [-0.39, 0.29) is 28.0 Å². The van der Waals surface area contributed by atoms with Crippen LogP contribution < -0.4 is 4.74 Å². The van der Waals surface area contributed by atoms with Gasteiger partial charge in [0.25, 0.3) is 0 Å². The normalized spacial score (nSPS) is 11.9. The third kappa shape index (κ3) is 6.75. The van der Waals surface area contributed by atoms with Gasteiger partial charge in [0.15, 0.2) is 0 Å². The molecule has 0 radical (unpaired) electrons. The van der Waals surface area contributed by atoms with E-state index < -0.39 is 11.9 Å². The van der Waals surface area contributed by atoms with E-state index in [4.69, 9.17) is 32.7 Å². The molecule has 0 bridgehead atoms. The SMILES string of the molecule is CCC(CC)CCC(CC)OC(=O)c1ccccc1C(=O)Oc1ccc(Cl)c(Cl)c1. The van der Waals surface area contributed by atoms with Gasteiger partial charge in [-0.2, -0.15) is 0 Å². The van der Waals surface area contributed by atoms with Crippen LogP contribution in [0.25, 0.3) is 0 Å². The lowest BCUT2D eigenvalue weighted by atomic mass is 9.95. The lowest BCUT2D eigenvalue weighted by Gasteiger charge is -2.20. The fourth-order valence-corrected chi connectivity index (χ4v) is 3.51. The lowest BCUT2D eigenvalue weighted by Crippen LogP contribution is -2.21. The molecular formula is C24H28Cl2O4. The number of benzene rings is 2. The Labute approximate surface area is 188 Å². The first-order chi connectivity index (χ1) is 14.4. The van der Waals surface area contributed by atoms with Crippen molar-refractivity contribution in [1.29, 1.82) is 0 Å². The minimum atomic E-state index is -0.661. The third-order valence-electron chi connectivity index (χ3n) is 5.25. The molecule has 0 aliphatic rings. The molecular weight excluding hydrogens is 423 g/mol. The standard InChI is InChI=1S/C24H28Cl2O4/c1-4-16(5-2)11-12-17(6-3)29-23(27)19-9-7-8-10-20(19)24(28)30-18-13-14-21(25)22(26)15-18/h7-10,13-17H,4-6,11-12H2,1-3H3. The summed E-state index contributed by atoms with van der Waals surface area (Å²) in [5.74, 6) is -0.306. The van der Waals surface area contributed by atoms with E-state index >= 15 is 0 Å². The molecule has 0 aliphatic heterocycles. The van der Waals surface area contributed by atoms with Gasteiger partial charge in [-0.25, -0.2) is 9.59 Å². The predicted octanol–water partition coefficient (Wildman–Crippen LogP) is 7.36. The number of hydrogen-bond donors (Lipinski definition) is 0. The number of carbonyl (C=O) groups excluding carboxylic acids is 2. The van der Waals surface area contributed by atoms with Crippen molar-refractivity contribution >= 4 is 35.1 Å². The Hall–Kier alpha value is -2.04. The van der Waals surface area contributed by atoms with Crippen molar-refractivity contribution in [2.75, 3.05) is 0 Å². The van der Waals surface area contributed by atoms with Gasteiger partial charge in [0.1, 0.15) is 11.9 Å². The van der Waals surface area contributed by atoms with Crippen LogP contribution in [0.2, 0.25) is 10.0 Å². The maximum absolute atomic E-state index is 12.8. The highest BCUT2D eigenvalue weighted by Gasteiger charge is 2.22. The van der Waals surface area contributed by atoms with Gasteiger partial charge in [-0.1, -0.05) is 68.9 Å². The van der Waals surface area contributed by atoms with Crippen LogP contribution in [0.4, 0.5) is 0 Å². The smallest absolute Gasteiger partial charge is 0.344 e. The number of halogens is 2. The zero-order valence-electron chi connectivity index (χ0n) is 17.6. The molecule has 0 saturated carbocycles. The molecule has 0 spiro atoms. The van der Waals surface area contributed by atoms with Crippen LogP contribution in [0, 0.1) is 5.92 Å². The summed E-state index contributed by atoms with van der Waals surface area (Å²) in [7, 11) is 0. The molecule has 2 aromatic rings.